The lowest BCUT2D eigenvalue weighted by molar-refractivity contribution is 0.122. The minimum absolute atomic E-state index is 0.754. The number of aromatic nitrogens is 2. The number of nitrogens with zero attached hydrogens (tertiary/aromatic N) is 6. The third-order valence-electron chi connectivity index (χ3n) is 6.46. The number of morpholine rings is 1. The van der Waals surface area contributed by atoms with E-state index in [2.05, 4.69) is 57.0 Å². The molecule has 0 N–H and O–H groups in total. The molecular formula is C23H32N6O. The Hall–Kier alpha value is -2.22. The minimum atomic E-state index is 0.754. The van der Waals surface area contributed by atoms with Gasteiger partial charge >= 0.3 is 0 Å². The highest BCUT2D eigenvalue weighted by atomic mass is 16.5. The predicted molar refractivity (Wildman–Crippen MR) is 119 cm³/mol. The van der Waals surface area contributed by atoms with Crippen LogP contribution >= 0.6 is 0 Å². The maximum atomic E-state index is 5.55. The van der Waals surface area contributed by atoms with Crippen LogP contribution in [0.2, 0.25) is 0 Å². The smallest absolute Gasteiger partial charge is 0.227 e. The summed E-state index contributed by atoms with van der Waals surface area (Å²) in [4.78, 5) is 19.9. The third kappa shape index (κ3) is 4.29. The number of benzene rings is 1. The molecule has 1 aromatic heterocycles. The summed E-state index contributed by atoms with van der Waals surface area (Å²) in [5, 5.41) is 0. The van der Waals surface area contributed by atoms with Crippen LogP contribution in [0.5, 0.6) is 0 Å². The van der Waals surface area contributed by atoms with E-state index in [0.717, 1.165) is 84.5 Å². The lowest BCUT2D eigenvalue weighted by Gasteiger charge is -2.37. The molecule has 3 aliphatic rings. The summed E-state index contributed by atoms with van der Waals surface area (Å²) in [6.45, 7) is 10.4. The van der Waals surface area contributed by atoms with Gasteiger partial charge in [-0.25, -0.2) is 4.98 Å². The number of piperazine rings is 1. The van der Waals surface area contributed by atoms with Gasteiger partial charge in [-0.2, -0.15) is 4.98 Å². The van der Waals surface area contributed by atoms with Gasteiger partial charge in [0.2, 0.25) is 5.95 Å². The molecule has 0 atom stereocenters. The molecule has 2 fully saturated rings. The molecule has 0 radical (unpaired) electrons. The normalized spacial score (nSPS) is 21.0. The lowest BCUT2D eigenvalue weighted by atomic mass is 10.0. The van der Waals surface area contributed by atoms with Crippen molar-refractivity contribution in [3.8, 4) is 0 Å². The Morgan fingerprint density at radius 3 is 2.40 bits per heavy atom. The topological polar surface area (TPSA) is 48.0 Å². The van der Waals surface area contributed by atoms with Crippen molar-refractivity contribution in [2.45, 2.75) is 19.5 Å². The largest absolute Gasteiger partial charge is 0.378 e. The second-order valence-electron chi connectivity index (χ2n) is 8.61. The number of hydrogen-bond donors (Lipinski definition) is 0. The number of anilines is 2. The van der Waals surface area contributed by atoms with Crippen molar-refractivity contribution in [1.29, 1.82) is 0 Å². The van der Waals surface area contributed by atoms with Gasteiger partial charge in [0.15, 0.2) is 0 Å². The number of fused-ring (bicyclic) bond motifs is 1. The molecule has 3 aliphatic heterocycles. The van der Waals surface area contributed by atoms with Crippen molar-refractivity contribution in [1.82, 2.24) is 19.8 Å². The van der Waals surface area contributed by atoms with Crippen molar-refractivity contribution in [2.75, 3.05) is 75.9 Å². The average Bonchev–Trinajstić information content (AvgIpc) is 2.80. The highest BCUT2D eigenvalue weighted by molar-refractivity contribution is 5.55. The molecular weight excluding hydrogens is 376 g/mol. The van der Waals surface area contributed by atoms with Crippen LogP contribution in [0.25, 0.3) is 0 Å². The highest BCUT2D eigenvalue weighted by Crippen LogP contribution is 2.30. The average molecular weight is 409 g/mol. The van der Waals surface area contributed by atoms with Crippen LogP contribution in [0.4, 0.5) is 11.8 Å². The Morgan fingerprint density at radius 1 is 0.867 bits per heavy atom. The molecule has 2 aromatic rings. The number of rotatable bonds is 4. The van der Waals surface area contributed by atoms with Crippen LogP contribution in [-0.4, -0.2) is 85.8 Å². The van der Waals surface area contributed by atoms with E-state index in [-0.39, 0.29) is 0 Å². The van der Waals surface area contributed by atoms with E-state index in [1.807, 2.05) is 0 Å². The fourth-order valence-corrected chi connectivity index (χ4v) is 4.61. The van der Waals surface area contributed by atoms with Gasteiger partial charge in [-0.3, -0.25) is 4.90 Å². The standard InChI is InChI=1S/C23H32N6O/c1-26-9-11-28(12-10-26)22-20-7-8-27(17-19-5-3-2-4-6-19)18-21(20)24-23(25-22)29-13-15-30-16-14-29/h2-6H,7-18H2,1H3. The van der Waals surface area contributed by atoms with Crippen LogP contribution in [-0.2, 0) is 24.2 Å². The van der Waals surface area contributed by atoms with E-state index in [0.29, 0.717) is 0 Å². The fraction of sp³-hybridized carbons (Fsp3) is 0.565. The molecule has 30 heavy (non-hydrogen) atoms. The molecule has 160 valence electrons. The maximum Gasteiger partial charge on any atom is 0.227 e. The molecule has 0 unspecified atom stereocenters. The zero-order valence-corrected chi connectivity index (χ0v) is 18.0. The SMILES string of the molecule is CN1CCN(c2nc(N3CCOCC3)nc3c2CCN(Cc2ccccc2)C3)CC1. The molecule has 5 rings (SSSR count). The van der Waals surface area contributed by atoms with Gasteiger partial charge in [-0.05, 0) is 19.0 Å². The first-order chi connectivity index (χ1) is 14.8. The summed E-state index contributed by atoms with van der Waals surface area (Å²) in [5.74, 6) is 2.06. The van der Waals surface area contributed by atoms with Gasteiger partial charge in [-0.15, -0.1) is 0 Å². The monoisotopic (exact) mass is 408 g/mol. The molecule has 0 aliphatic carbocycles. The summed E-state index contributed by atoms with van der Waals surface area (Å²) in [7, 11) is 2.20. The molecule has 0 saturated carbocycles. The third-order valence-corrected chi connectivity index (χ3v) is 6.46. The minimum Gasteiger partial charge on any atom is -0.378 e. The van der Waals surface area contributed by atoms with Gasteiger partial charge in [0.25, 0.3) is 0 Å². The Labute approximate surface area is 179 Å². The van der Waals surface area contributed by atoms with Crippen molar-refractivity contribution >= 4 is 11.8 Å². The van der Waals surface area contributed by atoms with Crippen LogP contribution in [0.15, 0.2) is 30.3 Å². The first-order valence-electron chi connectivity index (χ1n) is 11.2. The summed E-state index contributed by atoms with van der Waals surface area (Å²) in [5.41, 5.74) is 3.94. The summed E-state index contributed by atoms with van der Waals surface area (Å²) in [6.07, 6.45) is 1.02. The number of ether oxygens (including phenoxy) is 1. The Kier molecular flexibility index (Phi) is 5.84. The van der Waals surface area contributed by atoms with E-state index >= 15 is 0 Å². The van der Waals surface area contributed by atoms with Crippen LogP contribution in [0.3, 0.4) is 0 Å². The van der Waals surface area contributed by atoms with E-state index < -0.39 is 0 Å². The Bertz CT molecular complexity index is 846. The fourth-order valence-electron chi connectivity index (χ4n) is 4.61. The first-order valence-corrected chi connectivity index (χ1v) is 11.2. The predicted octanol–water partition coefficient (Wildman–Crippen LogP) is 1.62. The van der Waals surface area contributed by atoms with E-state index in [1.165, 1.54) is 22.6 Å². The van der Waals surface area contributed by atoms with E-state index in [4.69, 9.17) is 14.7 Å². The molecule has 4 heterocycles. The molecule has 2 saturated heterocycles. The molecule has 7 heteroatoms. The van der Waals surface area contributed by atoms with Gasteiger partial charge in [-0.1, -0.05) is 30.3 Å². The van der Waals surface area contributed by atoms with Crippen molar-refractivity contribution in [2.24, 2.45) is 0 Å². The molecule has 7 nitrogen and oxygen atoms in total. The summed E-state index contributed by atoms with van der Waals surface area (Å²) >= 11 is 0. The van der Waals surface area contributed by atoms with Gasteiger partial charge in [0, 0.05) is 64.5 Å². The summed E-state index contributed by atoms with van der Waals surface area (Å²) in [6, 6.07) is 10.8. The summed E-state index contributed by atoms with van der Waals surface area (Å²) < 4.78 is 5.55. The number of likely N-dealkylation sites (N-methyl/N-ethyl adjacent to an activating group) is 1. The van der Waals surface area contributed by atoms with Crippen molar-refractivity contribution in [3.05, 3.63) is 47.2 Å². The second-order valence-corrected chi connectivity index (χ2v) is 8.61. The molecule has 0 amide bonds. The number of hydrogen-bond acceptors (Lipinski definition) is 7. The molecule has 0 bridgehead atoms. The quantitative estimate of drug-likeness (QED) is 0.762. The highest BCUT2D eigenvalue weighted by Gasteiger charge is 2.28. The molecule has 1 aromatic carbocycles. The van der Waals surface area contributed by atoms with Gasteiger partial charge in [0.05, 0.1) is 18.9 Å². The lowest BCUT2D eigenvalue weighted by Crippen LogP contribution is -2.46. The van der Waals surface area contributed by atoms with Crippen molar-refractivity contribution < 1.29 is 4.74 Å². The van der Waals surface area contributed by atoms with E-state index in [1.54, 1.807) is 0 Å². The van der Waals surface area contributed by atoms with Gasteiger partial charge in [0.1, 0.15) is 5.82 Å². The van der Waals surface area contributed by atoms with Crippen LogP contribution < -0.4 is 9.80 Å². The zero-order valence-electron chi connectivity index (χ0n) is 18.0. The maximum absolute atomic E-state index is 5.55. The van der Waals surface area contributed by atoms with Crippen LogP contribution in [0.1, 0.15) is 16.8 Å². The Morgan fingerprint density at radius 2 is 1.63 bits per heavy atom. The van der Waals surface area contributed by atoms with E-state index in [9.17, 15) is 0 Å². The second kappa shape index (κ2) is 8.88. The first kappa shape index (κ1) is 19.7. The molecule has 0 spiro atoms. The van der Waals surface area contributed by atoms with Crippen molar-refractivity contribution in [3.63, 3.8) is 0 Å². The zero-order chi connectivity index (χ0) is 20.3. The Balaban J connectivity index is 1.43. The van der Waals surface area contributed by atoms with Gasteiger partial charge < -0.3 is 19.4 Å². The van der Waals surface area contributed by atoms with Crippen LogP contribution in [0, 0.1) is 0 Å².